The topological polar surface area (TPSA) is 75.6 Å². The van der Waals surface area contributed by atoms with E-state index in [1.54, 1.807) is 0 Å². The molecule has 1 aromatic rings. The lowest BCUT2D eigenvalue weighted by molar-refractivity contribution is 0.146. The smallest absolute Gasteiger partial charge is 0.243 e. The van der Waals surface area contributed by atoms with Crippen molar-refractivity contribution in [1.82, 2.24) is 4.72 Å². The number of halogens is 1. The van der Waals surface area contributed by atoms with Crippen molar-refractivity contribution in [3.8, 4) is 0 Å². The van der Waals surface area contributed by atoms with Crippen molar-refractivity contribution in [2.45, 2.75) is 24.8 Å². The molecule has 1 rings (SSSR count). The molecule has 0 aromatic heterocycles. The second-order valence-corrected chi connectivity index (χ2v) is 5.61. The van der Waals surface area contributed by atoms with E-state index in [0.717, 1.165) is 12.1 Å². The summed E-state index contributed by atoms with van der Waals surface area (Å²) in [4.78, 5) is -0.449. The molecule has 0 amide bonds. The van der Waals surface area contributed by atoms with Crippen molar-refractivity contribution >= 4 is 10.0 Å². The first kappa shape index (κ1) is 16.0. The summed E-state index contributed by atoms with van der Waals surface area (Å²) < 4.78 is 44.6. The van der Waals surface area contributed by atoms with Crippen molar-refractivity contribution in [3.05, 3.63) is 29.6 Å². The summed E-state index contributed by atoms with van der Waals surface area (Å²) in [5.41, 5.74) is 0.344. The van der Waals surface area contributed by atoms with Crippen LogP contribution in [0.4, 0.5) is 4.39 Å². The fraction of sp³-hybridized carbons (Fsp3) is 0.500. The first-order valence-corrected chi connectivity index (χ1v) is 7.46. The molecule has 0 heterocycles. The predicted octanol–water partition coefficient (Wildman–Crippen LogP) is 1.02. The number of sulfonamides is 1. The molecule has 0 fully saturated rings. The Hall–Kier alpha value is -1.02. The fourth-order valence-electron chi connectivity index (χ4n) is 1.45. The largest absolute Gasteiger partial charge is 0.392 e. The molecule has 7 heteroatoms. The van der Waals surface area contributed by atoms with E-state index in [-0.39, 0.29) is 13.2 Å². The maximum Gasteiger partial charge on any atom is 0.243 e. The van der Waals surface area contributed by atoms with Crippen molar-refractivity contribution in [2.24, 2.45) is 0 Å². The summed E-state index contributed by atoms with van der Waals surface area (Å²) in [5.74, 6) is -0.838. The molecule has 0 aliphatic rings. The van der Waals surface area contributed by atoms with Crippen LogP contribution >= 0.6 is 0 Å². The van der Waals surface area contributed by atoms with Gasteiger partial charge in [-0.1, -0.05) is 6.07 Å². The highest BCUT2D eigenvalue weighted by Gasteiger charge is 2.18. The van der Waals surface area contributed by atoms with Crippen LogP contribution in [0.3, 0.4) is 0 Å². The van der Waals surface area contributed by atoms with Crippen LogP contribution in [0.15, 0.2) is 23.1 Å². The van der Waals surface area contributed by atoms with Gasteiger partial charge in [0.1, 0.15) is 10.7 Å². The minimum Gasteiger partial charge on any atom is -0.392 e. The Morgan fingerprint density at radius 1 is 1.42 bits per heavy atom. The molecule has 19 heavy (non-hydrogen) atoms. The molecule has 0 saturated heterocycles. The fourth-order valence-corrected chi connectivity index (χ4v) is 2.65. The molecule has 0 spiro atoms. The predicted molar refractivity (Wildman–Crippen MR) is 68.6 cm³/mol. The van der Waals surface area contributed by atoms with E-state index < -0.39 is 20.7 Å². The number of nitrogens with one attached hydrogen (secondary N) is 1. The molecular formula is C12H18FNO4S. The Morgan fingerprint density at radius 2 is 2.16 bits per heavy atom. The third-order valence-corrected chi connectivity index (χ3v) is 3.91. The summed E-state index contributed by atoms with van der Waals surface area (Å²) in [6.45, 7) is 2.69. The molecule has 108 valence electrons. The lowest BCUT2D eigenvalue weighted by Crippen LogP contribution is -2.26. The first-order valence-electron chi connectivity index (χ1n) is 5.98. The Kier molecular flexibility index (Phi) is 6.36. The van der Waals surface area contributed by atoms with Crippen LogP contribution in [-0.2, 0) is 21.4 Å². The van der Waals surface area contributed by atoms with Crippen LogP contribution in [0.25, 0.3) is 0 Å². The van der Waals surface area contributed by atoms with Gasteiger partial charge in [0.15, 0.2) is 0 Å². The maximum absolute atomic E-state index is 13.5. The zero-order valence-corrected chi connectivity index (χ0v) is 11.5. The molecule has 0 radical (unpaired) electrons. The molecule has 0 atom stereocenters. The molecular weight excluding hydrogens is 273 g/mol. The van der Waals surface area contributed by atoms with Gasteiger partial charge in [0.05, 0.1) is 6.61 Å². The minimum atomic E-state index is -3.90. The van der Waals surface area contributed by atoms with Crippen molar-refractivity contribution in [3.63, 3.8) is 0 Å². The third-order valence-electron chi connectivity index (χ3n) is 2.43. The SMILES string of the molecule is CCOCCCNS(=O)(=O)c1cc(CO)ccc1F. The standard InChI is InChI=1S/C12H18FNO4S/c1-2-18-7-3-6-14-19(16,17)12-8-10(9-15)4-5-11(12)13/h4-5,8,14-15H,2-3,6-7,9H2,1H3. The zero-order chi connectivity index (χ0) is 14.3. The second-order valence-electron chi connectivity index (χ2n) is 3.87. The van der Waals surface area contributed by atoms with Crippen LogP contribution in [0.1, 0.15) is 18.9 Å². The average Bonchev–Trinajstić information content (AvgIpc) is 2.39. The summed E-state index contributed by atoms with van der Waals surface area (Å²) in [6, 6.07) is 3.49. The number of rotatable bonds is 8. The van der Waals surface area contributed by atoms with E-state index in [1.165, 1.54) is 6.07 Å². The van der Waals surface area contributed by atoms with E-state index in [2.05, 4.69) is 4.72 Å². The summed E-state index contributed by atoms with van der Waals surface area (Å²) in [5, 5.41) is 8.94. The lowest BCUT2D eigenvalue weighted by atomic mass is 10.2. The molecule has 1 aromatic carbocycles. The molecule has 0 unspecified atom stereocenters. The second kappa shape index (κ2) is 7.54. The third kappa shape index (κ3) is 4.87. The van der Waals surface area contributed by atoms with Crippen LogP contribution in [0, 0.1) is 5.82 Å². The highest BCUT2D eigenvalue weighted by atomic mass is 32.2. The summed E-state index contributed by atoms with van der Waals surface area (Å²) in [7, 11) is -3.90. The number of hydrogen-bond donors (Lipinski definition) is 2. The van der Waals surface area contributed by atoms with Gasteiger partial charge in [0.25, 0.3) is 0 Å². The number of ether oxygens (including phenoxy) is 1. The van der Waals surface area contributed by atoms with Gasteiger partial charge in [-0.15, -0.1) is 0 Å². The Labute approximate surface area is 112 Å². The number of hydrogen-bond acceptors (Lipinski definition) is 4. The van der Waals surface area contributed by atoms with E-state index in [9.17, 15) is 12.8 Å². The molecule has 0 aliphatic carbocycles. The molecule has 2 N–H and O–H groups in total. The van der Waals surface area contributed by atoms with Crippen LogP contribution in [-0.4, -0.2) is 33.3 Å². The Morgan fingerprint density at radius 3 is 2.79 bits per heavy atom. The van der Waals surface area contributed by atoms with Gasteiger partial charge in [-0.2, -0.15) is 0 Å². The van der Waals surface area contributed by atoms with E-state index in [1.807, 2.05) is 6.92 Å². The van der Waals surface area contributed by atoms with Crippen molar-refractivity contribution in [1.29, 1.82) is 0 Å². The van der Waals surface area contributed by atoms with Crippen LogP contribution in [0.2, 0.25) is 0 Å². The van der Waals surface area contributed by atoms with Crippen LogP contribution < -0.4 is 4.72 Å². The number of benzene rings is 1. The Balaban J connectivity index is 2.71. The van der Waals surface area contributed by atoms with Gasteiger partial charge in [-0.3, -0.25) is 0 Å². The molecule has 0 bridgehead atoms. The average molecular weight is 291 g/mol. The lowest BCUT2D eigenvalue weighted by Gasteiger charge is -2.09. The van der Waals surface area contributed by atoms with Gasteiger partial charge in [0.2, 0.25) is 10.0 Å². The highest BCUT2D eigenvalue weighted by molar-refractivity contribution is 7.89. The number of aliphatic hydroxyl groups excluding tert-OH is 1. The quantitative estimate of drug-likeness (QED) is 0.701. The monoisotopic (exact) mass is 291 g/mol. The zero-order valence-electron chi connectivity index (χ0n) is 10.7. The van der Waals surface area contributed by atoms with Gasteiger partial charge in [0, 0.05) is 19.8 Å². The van der Waals surface area contributed by atoms with Crippen LogP contribution in [0.5, 0.6) is 0 Å². The van der Waals surface area contributed by atoms with Crippen molar-refractivity contribution < 1.29 is 22.7 Å². The van der Waals surface area contributed by atoms with Gasteiger partial charge in [-0.05, 0) is 31.0 Å². The minimum absolute atomic E-state index is 0.172. The van der Waals surface area contributed by atoms with E-state index >= 15 is 0 Å². The van der Waals surface area contributed by atoms with E-state index in [0.29, 0.717) is 25.2 Å². The normalized spacial score (nSPS) is 11.7. The van der Waals surface area contributed by atoms with Gasteiger partial charge in [-0.25, -0.2) is 17.5 Å². The van der Waals surface area contributed by atoms with E-state index in [4.69, 9.17) is 9.84 Å². The molecule has 0 aliphatic heterocycles. The molecule has 0 saturated carbocycles. The first-order chi connectivity index (χ1) is 9.01. The molecule has 5 nitrogen and oxygen atoms in total. The van der Waals surface area contributed by atoms with Crippen molar-refractivity contribution in [2.75, 3.05) is 19.8 Å². The van der Waals surface area contributed by atoms with Gasteiger partial charge < -0.3 is 9.84 Å². The summed E-state index contributed by atoms with van der Waals surface area (Å²) >= 11 is 0. The highest BCUT2D eigenvalue weighted by Crippen LogP contribution is 2.16. The number of aliphatic hydroxyl groups is 1. The maximum atomic E-state index is 13.5. The summed E-state index contributed by atoms with van der Waals surface area (Å²) in [6.07, 6.45) is 0.508. The van der Waals surface area contributed by atoms with Gasteiger partial charge >= 0.3 is 0 Å². The Bertz CT molecular complexity index is 504.